The summed E-state index contributed by atoms with van der Waals surface area (Å²) >= 11 is 9.32. The van der Waals surface area contributed by atoms with Crippen LogP contribution in [0.4, 0.5) is 0 Å². The SMILES string of the molecule is OC1(CNC(c2cccs2)c2ccc(Cl)s2)CCOC1. The van der Waals surface area contributed by atoms with Crippen molar-refractivity contribution in [1.82, 2.24) is 5.32 Å². The van der Waals surface area contributed by atoms with Gasteiger partial charge in [0, 0.05) is 29.3 Å². The highest BCUT2D eigenvalue weighted by molar-refractivity contribution is 7.16. The second kappa shape index (κ2) is 6.13. The molecule has 6 heteroatoms. The summed E-state index contributed by atoms with van der Waals surface area (Å²) in [4.78, 5) is 2.39. The fraction of sp³-hybridized carbons (Fsp3) is 0.429. The molecule has 0 radical (unpaired) electrons. The molecule has 3 heterocycles. The number of hydrogen-bond acceptors (Lipinski definition) is 5. The number of aliphatic hydroxyl groups is 1. The molecule has 2 aromatic rings. The van der Waals surface area contributed by atoms with E-state index in [4.69, 9.17) is 16.3 Å². The Hall–Kier alpha value is -0.430. The second-order valence-electron chi connectivity index (χ2n) is 5.00. The molecule has 1 aliphatic heterocycles. The Bertz CT molecular complexity index is 549. The molecule has 20 heavy (non-hydrogen) atoms. The first kappa shape index (κ1) is 14.5. The summed E-state index contributed by atoms with van der Waals surface area (Å²) in [5.74, 6) is 0. The monoisotopic (exact) mass is 329 g/mol. The fourth-order valence-electron chi connectivity index (χ4n) is 2.31. The first-order chi connectivity index (χ1) is 9.66. The third-order valence-corrected chi connectivity index (χ3v) is 5.66. The molecule has 0 aliphatic carbocycles. The predicted octanol–water partition coefficient (Wildman–Crippen LogP) is 3.29. The standard InChI is InChI=1S/C14H16ClNO2S2/c15-12-4-3-11(20-12)13(10-2-1-7-19-10)16-8-14(17)5-6-18-9-14/h1-4,7,13,16-17H,5-6,8-9H2. The van der Waals surface area contributed by atoms with E-state index in [1.165, 1.54) is 9.75 Å². The van der Waals surface area contributed by atoms with Gasteiger partial charge in [0.15, 0.2) is 0 Å². The maximum atomic E-state index is 10.4. The Balaban J connectivity index is 1.76. The summed E-state index contributed by atoms with van der Waals surface area (Å²) in [6, 6.07) is 8.18. The first-order valence-electron chi connectivity index (χ1n) is 6.48. The van der Waals surface area contributed by atoms with Gasteiger partial charge in [-0.2, -0.15) is 0 Å². The molecule has 108 valence electrons. The lowest BCUT2D eigenvalue weighted by Gasteiger charge is -2.24. The maximum absolute atomic E-state index is 10.4. The number of halogens is 1. The highest BCUT2D eigenvalue weighted by Gasteiger charge is 2.33. The van der Waals surface area contributed by atoms with E-state index < -0.39 is 5.60 Å². The number of rotatable bonds is 5. The first-order valence-corrected chi connectivity index (χ1v) is 8.56. The Morgan fingerprint density at radius 1 is 1.40 bits per heavy atom. The van der Waals surface area contributed by atoms with Crippen LogP contribution in [-0.2, 0) is 4.74 Å². The normalized spacial score (nSPS) is 24.1. The van der Waals surface area contributed by atoms with Gasteiger partial charge >= 0.3 is 0 Å². The van der Waals surface area contributed by atoms with Crippen molar-refractivity contribution in [2.75, 3.05) is 19.8 Å². The van der Waals surface area contributed by atoms with E-state index >= 15 is 0 Å². The van der Waals surface area contributed by atoms with Gasteiger partial charge in [-0.25, -0.2) is 0 Å². The van der Waals surface area contributed by atoms with Crippen LogP contribution in [0.25, 0.3) is 0 Å². The fourth-order valence-corrected chi connectivity index (χ4v) is 4.36. The highest BCUT2D eigenvalue weighted by Crippen LogP contribution is 2.33. The minimum atomic E-state index is -0.753. The van der Waals surface area contributed by atoms with Crippen LogP contribution in [0.2, 0.25) is 4.34 Å². The Labute approximate surface area is 131 Å². The quantitative estimate of drug-likeness (QED) is 0.884. The zero-order chi connectivity index (χ0) is 14.0. The summed E-state index contributed by atoms with van der Waals surface area (Å²) in [5, 5.41) is 15.9. The molecular formula is C14H16ClNO2S2. The van der Waals surface area contributed by atoms with Crippen molar-refractivity contribution in [3.8, 4) is 0 Å². The van der Waals surface area contributed by atoms with E-state index in [9.17, 15) is 5.11 Å². The minimum Gasteiger partial charge on any atom is -0.386 e. The van der Waals surface area contributed by atoms with Gasteiger partial charge in [-0.3, -0.25) is 0 Å². The summed E-state index contributed by atoms with van der Waals surface area (Å²) < 4.78 is 6.07. The van der Waals surface area contributed by atoms with Gasteiger partial charge in [0.25, 0.3) is 0 Å². The Kier molecular flexibility index (Phi) is 4.45. The van der Waals surface area contributed by atoms with E-state index in [-0.39, 0.29) is 6.04 Å². The van der Waals surface area contributed by atoms with E-state index in [0.29, 0.717) is 26.2 Å². The van der Waals surface area contributed by atoms with Gasteiger partial charge in [-0.05, 0) is 23.6 Å². The zero-order valence-corrected chi connectivity index (χ0v) is 13.2. The van der Waals surface area contributed by atoms with Crippen LogP contribution in [0.5, 0.6) is 0 Å². The minimum absolute atomic E-state index is 0.0807. The van der Waals surface area contributed by atoms with Crippen molar-refractivity contribution in [3.05, 3.63) is 43.7 Å². The number of hydrogen-bond donors (Lipinski definition) is 2. The molecule has 2 atom stereocenters. The largest absolute Gasteiger partial charge is 0.386 e. The highest BCUT2D eigenvalue weighted by atomic mass is 35.5. The number of ether oxygens (including phenoxy) is 1. The third kappa shape index (κ3) is 3.24. The molecule has 0 spiro atoms. The topological polar surface area (TPSA) is 41.5 Å². The predicted molar refractivity (Wildman–Crippen MR) is 83.9 cm³/mol. The molecule has 0 bridgehead atoms. The van der Waals surface area contributed by atoms with Crippen molar-refractivity contribution in [1.29, 1.82) is 0 Å². The molecule has 0 amide bonds. The van der Waals surface area contributed by atoms with Crippen LogP contribution in [0.15, 0.2) is 29.6 Å². The molecule has 2 N–H and O–H groups in total. The van der Waals surface area contributed by atoms with Gasteiger partial charge in [-0.15, -0.1) is 22.7 Å². The van der Waals surface area contributed by atoms with Crippen molar-refractivity contribution in [2.45, 2.75) is 18.1 Å². The van der Waals surface area contributed by atoms with Crippen LogP contribution in [0.3, 0.4) is 0 Å². The molecular weight excluding hydrogens is 314 g/mol. The lowest BCUT2D eigenvalue weighted by atomic mass is 10.0. The molecule has 0 aromatic carbocycles. The van der Waals surface area contributed by atoms with Crippen molar-refractivity contribution >= 4 is 34.3 Å². The molecule has 2 unspecified atom stereocenters. The smallest absolute Gasteiger partial charge is 0.103 e. The number of nitrogens with one attached hydrogen (secondary N) is 1. The lowest BCUT2D eigenvalue weighted by Crippen LogP contribution is -2.42. The van der Waals surface area contributed by atoms with Crippen molar-refractivity contribution < 1.29 is 9.84 Å². The molecule has 1 aliphatic rings. The molecule has 1 saturated heterocycles. The van der Waals surface area contributed by atoms with E-state index in [2.05, 4.69) is 16.8 Å². The van der Waals surface area contributed by atoms with Gasteiger partial charge in [0.1, 0.15) is 5.60 Å². The third-order valence-electron chi connectivity index (χ3n) is 3.42. The van der Waals surface area contributed by atoms with Crippen LogP contribution in [0.1, 0.15) is 22.2 Å². The van der Waals surface area contributed by atoms with Crippen LogP contribution >= 0.6 is 34.3 Å². The Morgan fingerprint density at radius 3 is 2.90 bits per heavy atom. The van der Waals surface area contributed by atoms with E-state index in [0.717, 1.165) is 4.34 Å². The summed E-state index contributed by atoms with van der Waals surface area (Å²) in [6.45, 7) is 1.56. The van der Waals surface area contributed by atoms with Crippen LogP contribution in [-0.4, -0.2) is 30.5 Å². The van der Waals surface area contributed by atoms with Crippen molar-refractivity contribution in [3.63, 3.8) is 0 Å². The molecule has 3 nitrogen and oxygen atoms in total. The van der Waals surface area contributed by atoms with Crippen molar-refractivity contribution in [2.24, 2.45) is 0 Å². The van der Waals surface area contributed by atoms with Crippen LogP contribution in [0, 0.1) is 0 Å². The maximum Gasteiger partial charge on any atom is 0.103 e. The summed E-state index contributed by atoms with van der Waals surface area (Å²) in [5.41, 5.74) is -0.753. The van der Waals surface area contributed by atoms with E-state index in [1.54, 1.807) is 22.7 Å². The molecule has 0 saturated carbocycles. The van der Waals surface area contributed by atoms with Gasteiger partial charge in [-0.1, -0.05) is 17.7 Å². The van der Waals surface area contributed by atoms with Gasteiger partial charge in [0.2, 0.25) is 0 Å². The molecule has 3 rings (SSSR count). The van der Waals surface area contributed by atoms with Gasteiger partial charge in [0.05, 0.1) is 17.0 Å². The summed E-state index contributed by atoms with van der Waals surface area (Å²) in [6.07, 6.45) is 0.683. The van der Waals surface area contributed by atoms with E-state index in [1.807, 2.05) is 18.2 Å². The molecule has 1 fully saturated rings. The van der Waals surface area contributed by atoms with Gasteiger partial charge < -0.3 is 15.2 Å². The zero-order valence-electron chi connectivity index (χ0n) is 10.8. The Morgan fingerprint density at radius 2 is 2.30 bits per heavy atom. The van der Waals surface area contributed by atoms with Crippen LogP contribution < -0.4 is 5.32 Å². The second-order valence-corrected chi connectivity index (χ2v) is 7.72. The summed E-state index contributed by atoms with van der Waals surface area (Å²) in [7, 11) is 0. The average Bonchev–Trinajstić information content (AvgIpc) is 3.13. The molecule has 2 aromatic heterocycles. The average molecular weight is 330 g/mol. The number of thiophene rings is 2. The lowest BCUT2D eigenvalue weighted by molar-refractivity contribution is 0.0258.